The van der Waals surface area contributed by atoms with Crippen molar-refractivity contribution < 1.29 is 9.59 Å². The molecule has 0 radical (unpaired) electrons. The van der Waals surface area contributed by atoms with Gasteiger partial charge in [-0.05, 0) is 43.0 Å². The minimum absolute atomic E-state index is 0.240. The maximum Gasteiger partial charge on any atom is 0.273 e. The molecule has 0 bridgehead atoms. The normalized spacial score (nSPS) is 12.4. The van der Waals surface area contributed by atoms with E-state index < -0.39 is 11.5 Å². The first-order chi connectivity index (χ1) is 16.3. The van der Waals surface area contributed by atoms with Gasteiger partial charge in [-0.2, -0.15) is 5.10 Å². The summed E-state index contributed by atoms with van der Waals surface area (Å²) in [5.74, 6) is 0.136. The second-order valence-electron chi connectivity index (χ2n) is 9.29. The van der Waals surface area contributed by atoms with Crippen molar-refractivity contribution in [2.75, 3.05) is 25.0 Å². The lowest BCUT2D eigenvalue weighted by atomic mass is 9.86. The Balaban J connectivity index is 1.68. The van der Waals surface area contributed by atoms with E-state index in [0.717, 1.165) is 29.6 Å². The molecule has 34 heavy (non-hydrogen) atoms. The molecular formula is C25H35N7O2. The topological polar surface area (TPSA) is 127 Å². The van der Waals surface area contributed by atoms with Crippen LogP contribution in [0.4, 0.5) is 5.82 Å². The quantitative estimate of drug-likeness (QED) is 0.322. The van der Waals surface area contributed by atoms with Gasteiger partial charge in [0, 0.05) is 31.2 Å². The number of hydrogen-bond acceptors (Lipinski definition) is 6. The highest BCUT2D eigenvalue weighted by molar-refractivity contribution is 6.06. The van der Waals surface area contributed by atoms with Gasteiger partial charge in [0.25, 0.3) is 5.91 Å². The number of unbranched alkanes of at least 4 members (excludes halogenated alkanes) is 1. The fraction of sp³-hybridized carbons (Fsp3) is 0.440. The van der Waals surface area contributed by atoms with Gasteiger partial charge in [0.2, 0.25) is 5.91 Å². The molecule has 5 N–H and O–H groups in total. The lowest BCUT2D eigenvalue weighted by molar-refractivity contribution is -0.125. The number of benzene rings is 1. The summed E-state index contributed by atoms with van der Waals surface area (Å²) in [7, 11) is 0. The average Bonchev–Trinajstić information content (AvgIpc) is 3.19. The molecule has 182 valence electrons. The molecule has 0 fully saturated rings. The summed E-state index contributed by atoms with van der Waals surface area (Å²) in [6.07, 6.45) is 3.47. The van der Waals surface area contributed by atoms with Crippen LogP contribution < -0.4 is 21.7 Å². The van der Waals surface area contributed by atoms with Gasteiger partial charge in [-0.3, -0.25) is 14.3 Å². The Hall–Kier alpha value is -3.46. The zero-order chi connectivity index (χ0) is 24.6. The van der Waals surface area contributed by atoms with Crippen LogP contribution in [0.1, 0.15) is 44.1 Å². The van der Waals surface area contributed by atoms with Crippen LogP contribution in [-0.2, 0) is 11.3 Å². The van der Waals surface area contributed by atoms with E-state index in [1.807, 2.05) is 67.9 Å². The van der Waals surface area contributed by atoms with E-state index in [1.165, 1.54) is 0 Å². The van der Waals surface area contributed by atoms with Crippen molar-refractivity contribution in [2.45, 2.75) is 46.2 Å². The van der Waals surface area contributed by atoms with Crippen molar-refractivity contribution in [2.24, 2.45) is 11.1 Å². The number of amides is 2. The molecule has 1 atom stereocenters. The molecule has 2 amide bonds. The number of nitrogens with two attached hydrogens (primary N) is 1. The Morgan fingerprint density at radius 1 is 1.06 bits per heavy atom. The summed E-state index contributed by atoms with van der Waals surface area (Å²) in [4.78, 5) is 30.5. The molecule has 0 spiro atoms. The summed E-state index contributed by atoms with van der Waals surface area (Å²) >= 11 is 0. The molecule has 0 saturated heterocycles. The number of carbonyl (C=O) groups is 2. The van der Waals surface area contributed by atoms with Gasteiger partial charge in [0.05, 0.1) is 5.52 Å². The van der Waals surface area contributed by atoms with Crippen LogP contribution in [0.5, 0.6) is 0 Å². The number of para-hydroxylation sites is 1. The number of nitrogens with one attached hydrogen (secondary N) is 3. The van der Waals surface area contributed by atoms with E-state index >= 15 is 0 Å². The van der Waals surface area contributed by atoms with Gasteiger partial charge in [-0.25, -0.2) is 4.98 Å². The molecule has 2 aromatic heterocycles. The Labute approximate surface area is 200 Å². The first kappa shape index (κ1) is 25.2. The highest BCUT2D eigenvalue weighted by Crippen LogP contribution is 2.22. The first-order valence-corrected chi connectivity index (χ1v) is 11.7. The molecule has 9 nitrogen and oxygen atoms in total. The van der Waals surface area contributed by atoms with Crippen molar-refractivity contribution in [3.63, 3.8) is 0 Å². The number of hydrogen-bond donors (Lipinski definition) is 4. The van der Waals surface area contributed by atoms with Crippen molar-refractivity contribution >= 4 is 28.5 Å². The smallest absolute Gasteiger partial charge is 0.273 e. The predicted octanol–water partition coefficient (Wildman–Crippen LogP) is 2.54. The number of rotatable bonds is 11. The van der Waals surface area contributed by atoms with Crippen LogP contribution in [0.25, 0.3) is 10.9 Å². The second kappa shape index (κ2) is 11.6. The Kier molecular flexibility index (Phi) is 8.59. The standard InChI is InChI=1S/C25H35N7O2/c1-25(2,3)22(24(34)29-16-15-28-20-12-6-8-14-27-20)30-23(33)21-18-10-4-5-11-19(18)32(31-21)17-9-7-13-26/h4-6,8,10-12,14,22H,7,9,13,15-17,26H2,1-3H3,(H,27,28)(H,29,34)(H,30,33)/t22-/m1/s1. The average molecular weight is 466 g/mol. The summed E-state index contributed by atoms with van der Waals surface area (Å²) in [6, 6.07) is 12.5. The van der Waals surface area contributed by atoms with Crippen LogP contribution in [0.3, 0.4) is 0 Å². The van der Waals surface area contributed by atoms with E-state index in [9.17, 15) is 9.59 Å². The molecule has 1 aromatic carbocycles. The van der Waals surface area contributed by atoms with Crippen LogP contribution in [0.15, 0.2) is 48.7 Å². The highest BCUT2D eigenvalue weighted by Gasteiger charge is 2.33. The lowest BCUT2D eigenvalue weighted by Gasteiger charge is -2.30. The number of aromatic nitrogens is 3. The van der Waals surface area contributed by atoms with Gasteiger partial charge in [-0.15, -0.1) is 0 Å². The number of anilines is 1. The molecule has 0 aliphatic heterocycles. The number of fused-ring (bicyclic) bond motifs is 1. The first-order valence-electron chi connectivity index (χ1n) is 11.7. The van der Waals surface area contributed by atoms with Crippen molar-refractivity contribution in [3.8, 4) is 0 Å². The number of pyridine rings is 1. The van der Waals surface area contributed by atoms with Crippen LogP contribution in [-0.4, -0.2) is 52.3 Å². The fourth-order valence-corrected chi connectivity index (χ4v) is 3.69. The largest absolute Gasteiger partial charge is 0.368 e. The SMILES string of the molecule is CC(C)(C)[C@H](NC(=O)c1nn(CCCCN)c2ccccc12)C(=O)NCCNc1ccccn1. The van der Waals surface area contributed by atoms with E-state index in [-0.39, 0.29) is 11.8 Å². The Morgan fingerprint density at radius 2 is 1.82 bits per heavy atom. The van der Waals surface area contributed by atoms with Gasteiger partial charge in [-0.1, -0.05) is 45.0 Å². The number of nitrogens with zero attached hydrogens (tertiary/aromatic N) is 3. The summed E-state index contributed by atoms with van der Waals surface area (Å²) in [5.41, 5.74) is 6.34. The van der Waals surface area contributed by atoms with Gasteiger partial charge >= 0.3 is 0 Å². The maximum absolute atomic E-state index is 13.3. The molecule has 0 aliphatic rings. The molecule has 0 unspecified atom stereocenters. The van der Waals surface area contributed by atoms with E-state index in [0.29, 0.717) is 31.9 Å². The lowest BCUT2D eigenvalue weighted by Crippen LogP contribution is -2.54. The van der Waals surface area contributed by atoms with Crippen molar-refractivity contribution in [1.29, 1.82) is 0 Å². The third-order valence-electron chi connectivity index (χ3n) is 5.50. The van der Waals surface area contributed by atoms with E-state index in [1.54, 1.807) is 6.20 Å². The van der Waals surface area contributed by atoms with Crippen LogP contribution in [0, 0.1) is 5.41 Å². The zero-order valence-corrected chi connectivity index (χ0v) is 20.2. The molecule has 0 aliphatic carbocycles. The third-order valence-corrected chi connectivity index (χ3v) is 5.50. The van der Waals surface area contributed by atoms with Gasteiger partial charge in [0.15, 0.2) is 5.69 Å². The van der Waals surface area contributed by atoms with Crippen molar-refractivity contribution in [1.82, 2.24) is 25.4 Å². The molecule has 2 heterocycles. The Morgan fingerprint density at radius 3 is 2.53 bits per heavy atom. The fourth-order valence-electron chi connectivity index (χ4n) is 3.69. The Bertz CT molecular complexity index is 1090. The monoisotopic (exact) mass is 465 g/mol. The van der Waals surface area contributed by atoms with E-state index in [4.69, 9.17) is 5.73 Å². The second-order valence-corrected chi connectivity index (χ2v) is 9.29. The van der Waals surface area contributed by atoms with E-state index in [2.05, 4.69) is 26.0 Å². The third kappa shape index (κ3) is 6.54. The zero-order valence-electron chi connectivity index (χ0n) is 20.2. The molecular weight excluding hydrogens is 430 g/mol. The van der Waals surface area contributed by atoms with Crippen LogP contribution >= 0.6 is 0 Å². The van der Waals surface area contributed by atoms with Crippen molar-refractivity contribution in [3.05, 3.63) is 54.4 Å². The minimum atomic E-state index is -0.726. The van der Waals surface area contributed by atoms with Gasteiger partial charge < -0.3 is 21.7 Å². The predicted molar refractivity (Wildman–Crippen MR) is 134 cm³/mol. The number of carbonyl (C=O) groups excluding carboxylic acids is 2. The van der Waals surface area contributed by atoms with Gasteiger partial charge in [0.1, 0.15) is 11.9 Å². The maximum atomic E-state index is 13.3. The minimum Gasteiger partial charge on any atom is -0.368 e. The summed E-state index contributed by atoms with van der Waals surface area (Å²) in [6.45, 7) is 7.99. The molecule has 3 rings (SSSR count). The number of aryl methyl sites for hydroxylation is 1. The molecule has 0 saturated carbocycles. The summed E-state index contributed by atoms with van der Waals surface area (Å²) in [5, 5.41) is 14.3. The summed E-state index contributed by atoms with van der Waals surface area (Å²) < 4.78 is 1.84. The molecule has 3 aromatic rings. The van der Waals surface area contributed by atoms with Crippen LogP contribution in [0.2, 0.25) is 0 Å². The molecule has 9 heteroatoms. The highest BCUT2D eigenvalue weighted by atomic mass is 16.2.